The number of nitrogens with one attached hydrogen (secondary N) is 1. The van der Waals surface area contributed by atoms with E-state index in [2.05, 4.69) is 24.1 Å². The van der Waals surface area contributed by atoms with Crippen LogP contribution in [0.15, 0.2) is 18.2 Å². The minimum absolute atomic E-state index is 0.123. The Morgan fingerprint density at radius 1 is 1.20 bits per heavy atom. The predicted molar refractivity (Wildman–Crippen MR) is 76.8 cm³/mol. The molecule has 0 aliphatic heterocycles. The van der Waals surface area contributed by atoms with Crippen LogP contribution in [0.5, 0.6) is 0 Å². The van der Waals surface area contributed by atoms with Crippen LogP contribution in [0, 0.1) is 0 Å². The van der Waals surface area contributed by atoms with Crippen molar-refractivity contribution in [3.05, 3.63) is 23.8 Å². The number of anilines is 2. The summed E-state index contributed by atoms with van der Waals surface area (Å²) in [6, 6.07) is 3.39. The molecule has 0 saturated heterocycles. The Balaban J connectivity index is 2.57. The van der Waals surface area contributed by atoms with Crippen LogP contribution in [0.25, 0.3) is 0 Å². The van der Waals surface area contributed by atoms with Crippen molar-refractivity contribution in [3.63, 3.8) is 0 Å². The van der Waals surface area contributed by atoms with Gasteiger partial charge in [0.1, 0.15) is 0 Å². The number of halogens is 3. The molecule has 20 heavy (non-hydrogen) atoms. The highest BCUT2D eigenvalue weighted by Crippen LogP contribution is 2.32. The van der Waals surface area contributed by atoms with Gasteiger partial charge in [-0.2, -0.15) is 13.2 Å². The van der Waals surface area contributed by atoms with Crippen LogP contribution in [0.4, 0.5) is 24.5 Å². The van der Waals surface area contributed by atoms with Gasteiger partial charge in [-0.3, -0.25) is 0 Å². The van der Waals surface area contributed by atoms with Gasteiger partial charge in [0.05, 0.1) is 16.9 Å². The molecule has 0 fully saturated rings. The molecule has 0 bridgehead atoms. The Morgan fingerprint density at radius 2 is 1.90 bits per heavy atom. The fraction of sp³-hybridized carbons (Fsp3) is 0.571. The van der Waals surface area contributed by atoms with Gasteiger partial charge in [-0.25, -0.2) is 0 Å². The van der Waals surface area contributed by atoms with E-state index in [4.69, 9.17) is 5.73 Å². The number of alkyl halides is 3. The first-order valence-corrected chi connectivity index (χ1v) is 6.81. The van der Waals surface area contributed by atoms with Gasteiger partial charge in [-0.05, 0) is 37.7 Å². The van der Waals surface area contributed by atoms with Crippen LogP contribution >= 0.6 is 0 Å². The van der Waals surface area contributed by atoms with Crippen molar-refractivity contribution in [3.8, 4) is 0 Å². The molecule has 0 aliphatic rings. The van der Waals surface area contributed by atoms with Crippen molar-refractivity contribution in [2.75, 3.05) is 37.2 Å². The number of nitrogens with zero attached hydrogens (tertiary/aromatic N) is 1. The lowest BCUT2D eigenvalue weighted by molar-refractivity contribution is -0.137. The van der Waals surface area contributed by atoms with Crippen LogP contribution in [-0.2, 0) is 6.18 Å². The van der Waals surface area contributed by atoms with Crippen LogP contribution < -0.4 is 11.1 Å². The van der Waals surface area contributed by atoms with Gasteiger partial charge in [0.25, 0.3) is 0 Å². The van der Waals surface area contributed by atoms with E-state index in [0.717, 1.165) is 38.2 Å². The average molecular weight is 289 g/mol. The average Bonchev–Trinajstić information content (AvgIpc) is 2.38. The minimum atomic E-state index is -4.35. The second-order valence-corrected chi connectivity index (χ2v) is 4.66. The van der Waals surface area contributed by atoms with Gasteiger partial charge in [0.15, 0.2) is 0 Å². The fourth-order valence-corrected chi connectivity index (χ4v) is 1.99. The normalized spacial score (nSPS) is 11.9. The summed E-state index contributed by atoms with van der Waals surface area (Å²) in [7, 11) is 0. The topological polar surface area (TPSA) is 41.3 Å². The van der Waals surface area contributed by atoms with Crippen LogP contribution in [0.3, 0.4) is 0 Å². The Bertz CT molecular complexity index is 419. The van der Waals surface area contributed by atoms with Gasteiger partial charge < -0.3 is 16.0 Å². The largest absolute Gasteiger partial charge is 0.416 e. The van der Waals surface area contributed by atoms with Crippen molar-refractivity contribution in [1.82, 2.24) is 4.90 Å². The van der Waals surface area contributed by atoms with E-state index in [1.807, 2.05) is 0 Å². The maximum absolute atomic E-state index is 12.5. The molecule has 114 valence electrons. The van der Waals surface area contributed by atoms with Crippen molar-refractivity contribution in [1.29, 1.82) is 0 Å². The molecule has 0 aromatic heterocycles. The summed E-state index contributed by atoms with van der Waals surface area (Å²) < 4.78 is 37.5. The van der Waals surface area contributed by atoms with Gasteiger partial charge in [-0.15, -0.1) is 0 Å². The SMILES string of the molecule is CCCN(CC)CCNc1ccc(C(F)(F)F)cc1N. The zero-order valence-corrected chi connectivity index (χ0v) is 11.9. The molecule has 0 heterocycles. The molecule has 0 aliphatic carbocycles. The van der Waals surface area contributed by atoms with E-state index >= 15 is 0 Å². The maximum atomic E-state index is 12.5. The fourth-order valence-electron chi connectivity index (χ4n) is 1.99. The lowest BCUT2D eigenvalue weighted by atomic mass is 10.1. The highest BCUT2D eigenvalue weighted by Gasteiger charge is 2.30. The zero-order valence-electron chi connectivity index (χ0n) is 11.9. The molecule has 1 rings (SSSR count). The standard InChI is InChI=1S/C14H22F3N3/c1-3-8-20(4-2)9-7-19-13-6-5-11(10-12(13)18)14(15,16)17/h5-6,10,19H,3-4,7-9,18H2,1-2H3. The third kappa shape index (κ3) is 4.92. The summed E-state index contributed by atoms with van der Waals surface area (Å²) in [5, 5.41) is 3.08. The summed E-state index contributed by atoms with van der Waals surface area (Å²) in [4.78, 5) is 2.27. The van der Waals surface area contributed by atoms with E-state index in [1.54, 1.807) is 0 Å². The van der Waals surface area contributed by atoms with E-state index in [-0.39, 0.29) is 5.69 Å². The number of benzene rings is 1. The summed E-state index contributed by atoms with van der Waals surface area (Å²) in [6.07, 6.45) is -3.27. The molecule has 0 unspecified atom stereocenters. The van der Waals surface area contributed by atoms with Gasteiger partial charge in [-0.1, -0.05) is 13.8 Å². The second kappa shape index (κ2) is 7.38. The molecular weight excluding hydrogens is 267 g/mol. The third-order valence-corrected chi connectivity index (χ3v) is 3.11. The summed E-state index contributed by atoms with van der Waals surface area (Å²) >= 11 is 0. The molecule has 1 aromatic rings. The summed E-state index contributed by atoms with van der Waals surface area (Å²) in [6.45, 7) is 7.67. The number of hydrogen-bond donors (Lipinski definition) is 2. The first-order valence-electron chi connectivity index (χ1n) is 6.81. The van der Waals surface area contributed by atoms with Crippen molar-refractivity contribution in [2.45, 2.75) is 26.4 Å². The lowest BCUT2D eigenvalue weighted by Crippen LogP contribution is -2.29. The van der Waals surface area contributed by atoms with E-state index in [0.29, 0.717) is 12.2 Å². The monoisotopic (exact) mass is 289 g/mol. The number of nitrogen functional groups attached to an aromatic ring is 1. The van der Waals surface area contributed by atoms with Crippen LogP contribution in [0.2, 0.25) is 0 Å². The number of nitrogens with two attached hydrogens (primary N) is 1. The van der Waals surface area contributed by atoms with E-state index < -0.39 is 11.7 Å². The number of likely N-dealkylation sites (N-methyl/N-ethyl adjacent to an activating group) is 1. The number of hydrogen-bond acceptors (Lipinski definition) is 3. The molecule has 0 radical (unpaired) electrons. The Labute approximate surface area is 117 Å². The van der Waals surface area contributed by atoms with Gasteiger partial charge >= 0.3 is 6.18 Å². The summed E-state index contributed by atoms with van der Waals surface area (Å²) in [5.74, 6) is 0. The first kappa shape index (κ1) is 16.6. The van der Waals surface area contributed by atoms with Crippen molar-refractivity contribution in [2.24, 2.45) is 0 Å². The molecule has 0 atom stereocenters. The Morgan fingerprint density at radius 3 is 2.40 bits per heavy atom. The maximum Gasteiger partial charge on any atom is 0.416 e. The van der Waals surface area contributed by atoms with Crippen molar-refractivity contribution < 1.29 is 13.2 Å². The van der Waals surface area contributed by atoms with Gasteiger partial charge in [0.2, 0.25) is 0 Å². The first-order chi connectivity index (χ1) is 9.38. The lowest BCUT2D eigenvalue weighted by Gasteiger charge is -2.20. The van der Waals surface area contributed by atoms with E-state index in [9.17, 15) is 13.2 Å². The van der Waals surface area contributed by atoms with Gasteiger partial charge in [0, 0.05) is 13.1 Å². The second-order valence-electron chi connectivity index (χ2n) is 4.66. The molecule has 0 amide bonds. The smallest absolute Gasteiger partial charge is 0.397 e. The molecule has 0 saturated carbocycles. The van der Waals surface area contributed by atoms with Crippen LogP contribution in [0.1, 0.15) is 25.8 Å². The zero-order chi connectivity index (χ0) is 15.2. The quantitative estimate of drug-likeness (QED) is 0.756. The minimum Gasteiger partial charge on any atom is -0.397 e. The van der Waals surface area contributed by atoms with E-state index in [1.165, 1.54) is 6.07 Å². The molecule has 0 spiro atoms. The van der Waals surface area contributed by atoms with Crippen LogP contribution in [-0.4, -0.2) is 31.1 Å². The molecule has 6 heteroatoms. The highest BCUT2D eigenvalue weighted by atomic mass is 19.4. The summed E-state index contributed by atoms with van der Waals surface area (Å²) in [5.41, 5.74) is 5.60. The molecular formula is C14H22F3N3. The van der Waals surface area contributed by atoms with Crippen molar-refractivity contribution >= 4 is 11.4 Å². The highest BCUT2D eigenvalue weighted by molar-refractivity contribution is 5.67. The number of rotatable bonds is 7. The molecule has 1 aromatic carbocycles. The third-order valence-electron chi connectivity index (χ3n) is 3.11. The predicted octanol–water partition coefficient (Wildman–Crippen LogP) is 3.43. The Kier molecular flexibility index (Phi) is 6.13. The molecule has 3 nitrogen and oxygen atoms in total. The molecule has 3 N–H and O–H groups in total. The Hall–Kier alpha value is -1.43.